The Morgan fingerprint density at radius 2 is 1.72 bits per heavy atom. The average molecular weight is 395 g/mol. The SMILES string of the molecule is C#Cc1cccc(Nc2cc(OCCOC)c(OCCOC)cc2/N=C\N=C)c1. The van der Waals surface area contributed by atoms with Crippen LogP contribution in [0.1, 0.15) is 5.56 Å². The van der Waals surface area contributed by atoms with E-state index in [0.29, 0.717) is 49.3 Å². The lowest BCUT2D eigenvalue weighted by Crippen LogP contribution is -2.09. The molecule has 0 bridgehead atoms. The van der Waals surface area contributed by atoms with Crippen molar-refractivity contribution < 1.29 is 18.9 Å². The van der Waals surface area contributed by atoms with E-state index in [4.69, 9.17) is 25.4 Å². The summed E-state index contributed by atoms with van der Waals surface area (Å²) in [6.07, 6.45) is 6.86. The molecule has 0 aromatic heterocycles. The van der Waals surface area contributed by atoms with Gasteiger partial charge in [-0.3, -0.25) is 4.99 Å². The van der Waals surface area contributed by atoms with Crippen molar-refractivity contribution in [2.75, 3.05) is 46.0 Å². The Morgan fingerprint density at radius 3 is 2.34 bits per heavy atom. The van der Waals surface area contributed by atoms with Crippen LogP contribution in [-0.2, 0) is 9.47 Å². The molecule has 1 N–H and O–H groups in total. The molecule has 0 saturated carbocycles. The molecule has 7 nitrogen and oxygen atoms in total. The standard InChI is InChI=1S/C22H25N3O4/c1-5-17-7-6-8-18(13-17)25-20-15-22(29-12-10-27-4)21(28-11-9-26-3)14-19(20)24-16-23-2/h1,6-8,13-16,25H,2,9-12H2,3-4H3/b24-16-. The number of methoxy groups -OCH3 is 2. The summed E-state index contributed by atoms with van der Waals surface area (Å²) >= 11 is 0. The lowest BCUT2D eigenvalue weighted by atomic mass is 10.2. The molecule has 7 heteroatoms. The summed E-state index contributed by atoms with van der Waals surface area (Å²) in [5.74, 6) is 3.72. The monoisotopic (exact) mass is 395 g/mol. The van der Waals surface area contributed by atoms with E-state index in [0.717, 1.165) is 11.3 Å². The lowest BCUT2D eigenvalue weighted by Gasteiger charge is -2.17. The molecule has 2 aromatic rings. The van der Waals surface area contributed by atoms with Gasteiger partial charge in [0.2, 0.25) is 0 Å². The molecular weight excluding hydrogens is 370 g/mol. The maximum atomic E-state index is 5.84. The first-order valence-electron chi connectivity index (χ1n) is 8.95. The molecule has 0 aliphatic carbocycles. The molecule has 0 spiro atoms. The molecule has 0 aliphatic rings. The second kappa shape index (κ2) is 12.2. The van der Waals surface area contributed by atoms with E-state index in [1.165, 1.54) is 6.34 Å². The number of benzene rings is 2. The summed E-state index contributed by atoms with van der Waals surface area (Å²) in [7, 11) is 3.23. The Balaban J connectivity index is 2.41. The summed E-state index contributed by atoms with van der Waals surface area (Å²) in [6.45, 7) is 5.08. The molecule has 0 fully saturated rings. The van der Waals surface area contributed by atoms with Crippen LogP contribution in [0, 0.1) is 12.3 Å². The largest absolute Gasteiger partial charge is 0.487 e. The van der Waals surface area contributed by atoms with Crippen LogP contribution < -0.4 is 14.8 Å². The predicted octanol–water partition coefficient (Wildman–Crippen LogP) is 3.82. The van der Waals surface area contributed by atoms with E-state index in [9.17, 15) is 0 Å². The molecule has 0 amide bonds. The van der Waals surface area contributed by atoms with E-state index in [1.54, 1.807) is 20.3 Å². The third kappa shape index (κ3) is 6.96. The predicted molar refractivity (Wildman–Crippen MR) is 117 cm³/mol. The van der Waals surface area contributed by atoms with Crippen molar-refractivity contribution >= 4 is 30.1 Å². The van der Waals surface area contributed by atoms with Gasteiger partial charge in [0.15, 0.2) is 11.5 Å². The maximum Gasteiger partial charge on any atom is 0.163 e. The normalized spacial score (nSPS) is 10.5. The van der Waals surface area contributed by atoms with Crippen molar-refractivity contribution in [1.82, 2.24) is 0 Å². The molecule has 0 radical (unpaired) electrons. The van der Waals surface area contributed by atoms with Crippen LogP contribution in [-0.4, -0.2) is 53.7 Å². The highest BCUT2D eigenvalue weighted by Crippen LogP contribution is 2.39. The smallest absolute Gasteiger partial charge is 0.163 e. The van der Waals surface area contributed by atoms with Crippen molar-refractivity contribution in [3.63, 3.8) is 0 Å². The van der Waals surface area contributed by atoms with E-state index < -0.39 is 0 Å². The van der Waals surface area contributed by atoms with Gasteiger partial charge in [0.1, 0.15) is 19.6 Å². The zero-order chi connectivity index (χ0) is 20.9. The van der Waals surface area contributed by atoms with Crippen LogP contribution in [0.15, 0.2) is 46.4 Å². The summed E-state index contributed by atoms with van der Waals surface area (Å²) in [5.41, 5.74) is 2.89. The minimum Gasteiger partial charge on any atom is -0.487 e. The first kappa shape index (κ1) is 22.0. The number of nitrogens with zero attached hydrogens (tertiary/aromatic N) is 2. The number of hydrogen-bond acceptors (Lipinski definition) is 6. The molecule has 2 aromatic carbocycles. The Labute approximate surface area is 171 Å². The Hall–Kier alpha value is -3.34. The van der Waals surface area contributed by atoms with E-state index in [-0.39, 0.29) is 0 Å². The highest BCUT2D eigenvalue weighted by molar-refractivity contribution is 5.80. The fourth-order valence-electron chi connectivity index (χ4n) is 2.40. The fourth-order valence-corrected chi connectivity index (χ4v) is 2.40. The summed E-state index contributed by atoms with van der Waals surface area (Å²) in [6, 6.07) is 11.1. The van der Waals surface area contributed by atoms with Gasteiger partial charge in [0, 0.05) is 37.6 Å². The molecule has 0 atom stereocenters. The molecule has 29 heavy (non-hydrogen) atoms. The number of anilines is 2. The summed E-state index contributed by atoms with van der Waals surface area (Å²) in [5, 5.41) is 3.32. The van der Waals surface area contributed by atoms with Gasteiger partial charge in [-0.2, -0.15) is 0 Å². The number of nitrogens with one attached hydrogen (secondary N) is 1. The van der Waals surface area contributed by atoms with Crippen LogP contribution in [0.3, 0.4) is 0 Å². The second-order valence-corrected chi connectivity index (χ2v) is 5.78. The lowest BCUT2D eigenvalue weighted by molar-refractivity contribution is 0.132. The molecule has 0 unspecified atom stereocenters. The molecule has 152 valence electrons. The van der Waals surface area contributed by atoms with Crippen LogP contribution in [0.2, 0.25) is 0 Å². The number of rotatable bonds is 12. The quantitative estimate of drug-likeness (QED) is 0.256. The van der Waals surface area contributed by atoms with Crippen molar-refractivity contribution in [3.05, 3.63) is 42.0 Å². The molecule has 0 heterocycles. The third-order valence-corrected chi connectivity index (χ3v) is 3.74. The number of aliphatic imine (C=N–C) groups is 2. The van der Waals surface area contributed by atoms with Crippen molar-refractivity contribution in [3.8, 4) is 23.8 Å². The van der Waals surface area contributed by atoms with Gasteiger partial charge in [-0.25, -0.2) is 4.99 Å². The Kier molecular flexibility index (Phi) is 9.22. The molecule has 0 saturated heterocycles. The Morgan fingerprint density at radius 1 is 1.03 bits per heavy atom. The van der Waals surface area contributed by atoms with E-state index in [2.05, 4.69) is 27.9 Å². The topological polar surface area (TPSA) is 73.7 Å². The number of terminal acetylenes is 1. The highest BCUT2D eigenvalue weighted by atomic mass is 16.5. The van der Waals surface area contributed by atoms with Gasteiger partial charge in [0.25, 0.3) is 0 Å². The molecular formula is C22H25N3O4. The minimum atomic E-state index is 0.372. The molecule has 0 aliphatic heterocycles. The van der Waals surface area contributed by atoms with Gasteiger partial charge in [-0.1, -0.05) is 12.0 Å². The van der Waals surface area contributed by atoms with Crippen LogP contribution in [0.25, 0.3) is 0 Å². The van der Waals surface area contributed by atoms with Gasteiger partial charge < -0.3 is 24.3 Å². The highest BCUT2D eigenvalue weighted by Gasteiger charge is 2.13. The first-order chi connectivity index (χ1) is 14.2. The van der Waals surface area contributed by atoms with Gasteiger partial charge in [-0.15, -0.1) is 6.42 Å². The zero-order valence-electron chi connectivity index (χ0n) is 16.7. The van der Waals surface area contributed by atoms with Crippen LogP contribution >= 0.6 is 0 Å². The average Bonchev–Trinajstić information content (AvgIpc) is 2.74. The van der Waals surface area contributed by atoms with E-state index >= 15 is 0 Å². The van der Waals surface area contributed by atoms with Crippen LogP contribution in [0.4, 0.5) is 17.1 Å². The first-order valence-corrected chi connectivity index (χ1v) is 8.95. The van der Waals surface area contributed by atoms with E-state index in [1.807, 2.05) is 30.3 Å². The second-order valence-electron chi connectivity index (χ2n) is 5.78. The van der Waals surface area contributed by atoms with Crippen molar-refractivity contribution in [2.24, 2.45) is 9.98 Å². The summed E-state index contributed by atoms with van der Waals surface area (Å²) < 4.78 is 21.8. The maximum absolute atomic E-state index is 5.84. The third-order valence-electron chi connectivity index (χ3n) is 3.74. The van der Waals surface area contributed by atoms with Crippen LogP contribution in [0.5, 0.6) is 11.5 Å². The van der Waals surface area contributed by atoms with Crippen molar-refractivity contribution in [1.29, 1.82) is 0 Å². The zero-order valence-corrected chi connectivity index (χ0v) is 16.7. The minimum absolute atomic E-state index is 0.372. The fraction of sp³-hybridized carbons (Fsp3) is 0.273. The van der Waals surface area contributed by atoms with Gasteiger partial charge in [-0.05, 0) is 24.9 Å². The molecule has 2 rings (SSSR count). The summed E-state index contributed by atoms with van der Waals surface area (Å²) in [4.78, 5) is 8.03. The number of ether oxygens (including phenoxy) is 4. The van der Waals surface area contributed by atoms with Gasteiger partial charge >= 0.3 is 0 Å². The van der Waals surface area contributed by atoms with Gasteiger partial charge in [0.05, 0.1) is 24.6 Å². The van der Waals surface area contributed by atoms with Crippen molar-refractivity contribution in [2.45, 2.75) is 0 Å². The number of hydrogen-bond donors (Lipinski definition) is 1. The Bertz CT molecular complexity index is 875.